The monoisotopic (exact) mass is 304 g/mol. The maximum atomic E-state index is 12.4. The summed E-state index contributed by atoms with van der Waals surface area (Å²) in [6, 6.07) is 1.61. The zero-order valence-corrected chi connectivity index (χ0v) is 12.7. The molecule has 0 aromatic carbocycles. The third-order valence-corrected chi connectivity index (χ3v) is 3.88. The molecule has 22 heavy (non-hydrogen) atoms. The van der Waals surface area contributed by atoms with E-state index in [1.165, 1.54) is 0 Å². The van der Waals surface area contributed by atoms with E-state index in [-0.39, 0.29) is 12.1 Å². The van der Waals surface area contributed by atoms with Gasteiger partial charge in [0, 0.05) is 38.1 Å². The van der Waals surface area contributed by atoms with E-state index in [2.05, 4.69) is 32.3 Å². The van der Waals surface area contributed by atoms with E-state index in [1.54, 1.807) is 30.3 Å². The fourth-order valence-electron chi connectivity index (χ4n) is 2.72. The minimum atomic E-state index is -0.166. The van der Waals surface area contributed by atoms with Crippen LogP contribution in [0.1, 0.15) is 24.6 Å². The SMILES string of the molecule is CCN1CCN(C(=O)Nc2cc(C)on2)C[C@@H]1c1ncc[nH]1. The molecule has 0 bridgehead atoms. The molecule has 0 saturated carbocycles. The summed E-state index contributed by atoms with van der Waals surface area (Å²) < 4.78 is 4.96. The fraction of sp³-hybridized carbons (Fsp3) is 0.500. The molecule has 2 aromatic heterocycles. The summed E-state index contributed by atoms with van der Waals surface area (Å²) in [5, 5.41) is 6.55. The number of hydrogen-bond donors (Lipinski definition) is 2. The van der Waals surface area contributed by atoms with E-state index < -0.39 is 0 Å². The molecule has 0 unspecified atom stereocenters. The van der Waals surface area contributed by atoms with Crippen LogP contribution in [0.15, 0.2) is 23.0 Å². The standard InChI is InChI=1S/C14H20N6O2/c1-3-19-6-7-20(9-11(19)13-15-4-5-16-13)14(21)17-12-8-10(2)22-18-12/h4-5,8,11H,3,6-7,9H2,1-2H3,(H,15,16)(H,17,18,21)/t11-/m1/s1. The Hall–Kier alpha value is -2.35. The van der Waals surface area contributed by atoms with Gasteiger partial charge < -0.3 is 14.4 Å². The summed E-state index contributed by atoms with van der Waals surface area (Å²) in [6.07, 6.45) is 3.54. The Labute approximate surface area is 128 Å². The molecule has 3 heterocycles. The van der Waals surface area contributed by atoms with Gasteiger partial charge in [0.05, 0.1) is 6.04 Å². The molecule has 8 heteroatoms. The van der Waals surface area contributed by atoms with Crippen LogP contribution >= 0.6 is 0 Å². The van der Waals surface area contributed by atoms with Gasteiger partial charge in [-0.15, -0.1) is 0 Å². The number of amides is 2. The van der Waals surface area contributed by atoms with Gasteiger partial charge in [-0.2, -0.15) is 0 Å². The van der Waals surface area contributed by atoms with E-state index in [1.807, 2.05) is 0 Å². The van der Waals surface area contributed by atoms with Crippen molar-refractivity contribution in [1.82, 2.24) is 24.9 Å². The van der Waals surface area contributed by atoms with Gasteiger partial charge in [0.25, 0.3) is 0 Å². The lowest BCUT2D eigenvalue weighted by atomic mass is 10.1. The Morgan fingerprint density at radius 3 is 3.05 bits per heavy atom. The molecule has 1 aliphatic rings. The van der Waals surface area contributed by atoms with Gasteiger partial charge >= 0.3 is 6.03 Å². The second-order valence-corrected chi connectivity index (χ2v) is 5.32. The second kappa shape index (κ2) is 6.18. The smallest absolute Gasteiger partial charge is 0.323 e. The van der Waals surface area contributed by atoms with E-state index in [4.69, 9.17) is 4.52 Å². The summed E-state index contributed by atoms with van der Waals surface area (Å²) in [5.41, 5.74) is 0. The number of aryl methyl sites for hydroxylation is 1. The van der Waals surface area contributed by atoms with Crippen molar-refractivity contribution in [2.45, 2.75) is 19.9 Å². The van der Waals surface area contributed by atoms with E-state index >= 15 is 0 Å². The Kier molecular flexibility index (Phi) is 4.10. The van der Waals surface area contributed by atoms with Crippen LogP contribution < -0.4 is 5.32 Å². The largest absolute Gasteiger partial charge is 0.360 e. The molecule has 1 fully saturated rings. The summed E-state index contributed by atoms with van der Waals surface area (Å²) in [7, 11) is 0. The topological polar surface area (TPSA) is 90.3 Å². The number of aromatic nitrogens is 3. The number of anilines is 1. The quantitative estimate of drug-likeness (QED) is 0.899. The Balaban J connectivity index is 1.68. The van der Waals surface area contributed by atoms with Crippen molar-refractivity contribution in [2.75, 3.05) is 31.5 Å². The minimum absolute atomic E-state index is 0.0820. The molecule has 2 aromatic rings. The zero-order chi connectivity index (χ0) is 15.5. The fourth-order valence-corrected chi connectivity index (χ4v) is 2.72. The number of hydrogen-bond acceptors (Lipinski definition) is 5. The van der Waals surface area contributed by atoms with Gasteiger partial charge in [0.1, 0.15) is 11.6 Å². The molecule has 2 amide bonds. The van der Waals surface area contributed by atoms with Crippen LogP contribution in [-0.4, -0.2) is 57.1 Å². The molecule has 0 aliphatic carbocycles. The number of urea groups is 1. The third kappa shape index (κ3) is 2.96. The maximum absolute atomic E-state index is 12.4. The van der Waals surface area contributed by atoms with Gasteiger partial charge in [-0.25, -0.2) is 9.78 Å². The summed E-state index contributed by atoms with van der Waals surface area (Å²) in [4.78, 5) is 23.9. The second-order valence-electron chi connectivity index (χ2n) is 5.32. The van der Waals surface area contributed by atoms with Crippen LogP contribution in [0.4, 0.5) is 10.6 Å². The van der Waals surface area contributed by atoms with E-state index in [0.717, 1.165) is 18.9 Å². The zero-order valence-electron chi connectivity index (χ0n) is 12.7. The van der Waals surface area contributed by atoms with Gasteiger partial charge in [-0.1, -0.05) is 12.1 Å². The first-order chi connectivity index (χ1) is 10.7. The van der Waals surface area contributed by atoms with Crippen LogP contribution in [0.5, 0.6) is 0 Å². The van der Waals surface area contributed by atoms with Crippen molar-refractivity contribution in [3.8, 4) is 0 Å². The molecule has 0 spiro atoms. The van der Waals surface area contributed by atoms with Gasteiger partial charge in [-0.05, 0) is 13.5 Å². The molecule has 2 N–H and O–H groups in total. The first-order valence-electron chi connectivity index (χ1n) is 7.40. The van der Waals surface area contributed by atoms with Crippen molar-refractivity contribution in [3.05, 3.63) is 30.0 Å². The molecular formula is C14H20N6O2. The third-order valence-electron chi connectivity index (χ3n) is 3.88. The average Bonchev–Trinajstić information content (AvgIpc) is 3.18. The van der Waals surface area contributed by atoms with Crippen LogP contribution in [0.25, 0.3) is 0 Å². The number of aromatic amines is 1. The van der Waals surface area contributed by atoms with Gasteiger partial charge in [-0.3, -0.25) is 10.2 Å². The number of nitrogens with zero attached hydrogens (tertiary/aromatic N) is 4. The lowest BCUT2D eigenvalue weighted by molar-refractivity contribution is 0.0946. The molecule has 118 valence electrons. The predicted octanol–water partition coefficient (Wildman–Crippen LogP) is 1.62. The summed E-state index contributed by atoms with van der Waals surface area (Å²) in [6.45, 7) is 6.90. The van der Waals surface area contributed by atoms with Gasteiger partial charge in [0.2, 0.25) is 0 Å². The Morgan fingerprint density at radius 1 is 1.55 bits per heavy atom. The molecular weight excluding hydrogens is 284 g/mol. The summed E-state index contributed by atoms with van der Waals surface area (Å²) >= 11 is 0. The van der Waals surface area contributed by atoms with Crippen LogP contribution in [-0.2, 0) is 0 Å². The number of imidazole rings is 1. The lowest BCUT2D eigenvalue weighted by Gasteiger charge is -2.39. The minimum Gasteiger partial charge on any atom is -0.360 e. The van der Waals surface area contributed by atoms with Crippen molar-refractivity contribution < 1.29 is 9.32 Å². The number of nitrogens with one attached hydrogen (secondary N) is 2. The molecule has 1 aliphatic heterocycles. The number of carbonyl (C=O) groups is 1. The van der Waals surface area contributed by atoms with Crippen molar-refractivity contribution >= 4 is 11.8 Å². The van der Waals surface area contributed by atoms with Crippen LogP contribution in [0.3, 0.4) is 0 Å². The van der Waals surface area contributed by atoms with Crippen molar-refractivity contribution in [3.63, 3.8) is 0 Å². The number of rotatable bonds is 3. The molecule has 0 radical (unpaired) electrons. The highest BCUT2D eigenvalue weighted by atomic mass is 16.5. The average molecular weight is 304 g/mol. The van der Waals surface area contributed by atoms with Crippen LogP contribution in [0.2, 0.25) is 0 Å². The summed E-state index contributed by atoms with van der Waals surface area (Å²) in [5.74, 6) is 1.99. The van der Waals surface area contributed by atoms with Crippen molar-refractivity contribution in [1.29, 1.82) is 0 Å². The lowest BCUT2D eigenvalue weighted by Crippen LogP contribution is -2.51. The number of likely N-dealkylation sites (N-methyl/N-ethyl adjacent to an activating group) is 1. The molecule has 1 saturated heterocycles. The highest BCUT2D eigenvalue weighted by Crippen LogP contribution is 2.23. The first-order valence-corrected chi connectivity index (χ1v) is 7.40. The van der Waals surface area contributed by atoms with Crippen LogP contribution in [0, 0.1) is 6.92 Å². The normalized spacial score (nSPS) is 19.4. The number of H-pyrrole nitrogens is 1. The maximum Gasteiger partial charge on any atom is 0.323 e. The van der Waals surface area contributed by atoms with Crippen molar-refractivity contribution in [2.24, 2.45) is 0 Å². The Bertz CT molecular complexity index is 623. The van der Waals surface area contributed by atoms with E-state index in [9.17, 15) is 4.79 Å². The highest BCUT2D eigenvalue weighted by Gasteiger charge is 2.31. The Morgan fingerprint density at radius 2 is 2.41 bits per heavy atom. The predicted molar refractivity (Wildman–Crippen MR) is 80.4 cm³/mol. The number of piperazine rings is 1. The molecule has 3 rings (SSSR count). The number of carbonyl (C=O) groups excluding carboxylic acids is 1. The first kappa shape index (κ1) is 14.6. The van der Waals surface area contributed by atoms with E-state index in [0.29, 0.717) is 24.7 Å². The highest BCUT2D eigenvalue weighted by molar-refractivity contribution is 5.88. The molecule has 8 nitrogen and oxygen atoms in total. The van der Waals surface area contributed by atoms with Gasteiger partial charge in [0.15, 0.2) is 5.82 Å². The molecule has 1 atom stereocenters.